The SMILES string of the molecule is CN1CCC(COCCO)CC1. The first-order chi connectivity index (χ1) is 5.83. The number of aliphatic hydroxyl groups excluding tert-OH is 1. The zero-order valence-corrected chi connectivity index (χ0v) is 7.83. The number of rotatable bonds is 4. The molecule has 3 nitrogen and oxygen atoms in total. The van der Waals surface area contributed by atoms with Gasteiger partial charge in [-0.1, -0.05) is 0 Å². The molecule has 0 aromatic rings. The molecule has 72 valence electrons. The van der Waals surface area contributed by atoms with E-state index in [1.807, 2.05) is 0 Å². The molecule has 12 heavy (non-hydrogen) atoms. The Labute approximate surface area is 74.3 Å². The van der Waals surface area contributed by atoms with Crippen LogP contribution in [-0.2, 0) is 4.74 Å². The second-order valence-corrected chi connectivity index (χ2v) is 3.55. The molecule has 0 saturated carbocycles. The highest BCUT2D eigenvalue weighted by Crippen LogP contribution is 2.15. The van der Waals surface area contributed by atoms with Gasteiger partial charge < -0.3 is 14.7 Å². The number of nitrogens with zero attached hydrogens (tertiary/aromatic N) is 1. The predicted octanol–water partition coefficient (Wildman–Crippen LogP) is 0.337. The molecule has 1 aliphatic heterocycles. The lowest BCUT2D eigenvalue weighted by Gasteiger charge is -2.28. The first-order valence-electron chi connectivity index (χ1n) is 4.70. The highest BCUT2D eigenvalue weighted by Gasteiger charge is 2.16. The lowest BCUT2D eigenvalue weighted by Crippen LogP contribution is -2.32. The number of piperidine rings is 1. The van der Waals surface area contributed by atoms with Crippen LogP contribution in [-0.4, -0.2) is 50.0 Å². The van der Waals surface area contributed by atoms with Crippen molar-refractivity contribution >= 4 is 0 Å². The third-order valence-corrected chi connectivity index (χ3v) is 2.43. The van der Waals surface area contributed by atoms with Gasteiger partial charge in [0.1, 0.15) is 0 Å². The van der Waals surface area contributed by atoms with Crippen LogP contribution in [0.25, 0.3) is 0 Å². The Bertz CT molecular complexity index is 111. The van der Waals surface area contributed by atoms with Gasteiger partial charge in [0.15, 0.2) is 0 Å². The summed E-state index contributed by atoms with van der Waals surface area (Å²) >= 11 is 0. The third-order valence-electron chi connectivity index (χ3n) is 2.43. The van der Waals surface area contributed by atoms with Crippen LogP contribution in [0.4, 0.5) is 0 Å². The largest absolute Gasteiger partial charge is 0.394 e. The van der Waals surface area contributed by atoms with Gasteiger partial charge in [0.05, 0.1) is 13.2 Å². The van der Waals surface area contributed by atoms with Gasteiger partial charge in [-0.25, -0.2) is 0 Å². The van der Waals surface area contributed by atoms with Crippen LogP contribution in [0.3, 0.4) is 0 Å². The fourth-order valence-electron chi connectivity index (χ4n) is 1.54. The maximum atomic E-state index is 8.50. The summed E-state index contributed by atoms with van der Waals surface area (Å²) in [6, 6.07) is 0. The van der Waals surface area contributed by atoms with Crippen LogP contribution < -0.4 is 0 Å². The van der Waals surface area contributed by atoms with Crippen LogP contribution in [0.2, 0.25) is 0 Å². The van der Waals surface area contributed by atoms with Crippen molar-refractivity contribution in [2.45, 2.75) is 12.8 Å². The summed E-state index contributed by atoms with van der Waals surface area (Å²) < 4.78 is 5.29. The van der Waals surface area contributed by atoms with Gasteiger partial charge in [-0.3, -0.25) is 0 Å². The molecule has 3 heteroatoms. The Morgan fingerprint density at radius 1 is 1.42 bits per heavy atom. The van der Waals surface area contributed by atoms with Crippen molar-refractivity contribution in [3.8, 4) is 0 Å². The highest BCUT2D eigenvalue weighted by molar-refractivity contribution is 4.69. The van der Waals surface area contributed by atoms with Crippen molar-refractivity contribution in [2.24, 2.45) is 5.92 Å². The molecule has 1 heterocycles. The summed E-state index contributed by atoms with van der Waals surface area (Å²) in [5, 5.41) is 8.50. The second-order valence-electron chi connectivity index (χ2n) is 3.55. The summed E-state index contributed by atoms with van der Waals surface area (Å²) in [6.07, 6.45) is 2.48. The molecule has 1 aliphatic rings. The van der Waals surface area contributed by atoms with Gasteiger partial charge in [-0.15, -0.1) is 0 Å². The standard InChI is InChI=1S/C9H19NO2/c1-10-4-2-9(3-5-10)8-12-7-6-11/h9,11H,2-8H2,1H3. The topological polar surface area (TPSA) is 32.7 Å². The normalized spacial score (nSPS) is 21.5. The van der Waals surface area contributed by atoms with Gasteiger partial charge in [-0.2, -0.15) is 0 Å². The monoisotopic (exact) mass is 173 g/mol. The van der Waals surface area contributed by atoms with E-state index in [9.17, 15) is 0 Å². The fraction of sp³-hybridized carbons (Fsp3) is 1.00. The summed E-state index contributed by atoms with van der Waals surface area (Å²) in [7, 11) is 2.16. The van der Waals surface area contributed by atoms with E-state index in [0.29, 0.717) is 12.5 Å². The Morgan fingerprint density at radius 2 is 2.08 bits per heavy atom. The average molecular weight is 173 g/mol. The summed E-state index contributed by atoms with van der Waals surface area (Å²) in [5.41, 5.74) is 0. The Balaban J connectivity index is 2.01. The van der Waals surface area contributed by atoms with E-state index >= 15 is 0 Å². The molecule has 1 N–H and O–H groups in total. The molecule has 0 radical (unpaired) electrons. The number of likely N-dealkylation sites (tertiary alicyclic amines) is 1. The van der Waals surface area contributed by atoms with Gasteiger partial charge >= 0.3 is 0 Å². The Kier molecular flexibility index (Phi) is 4.58. The van der Waals surface area contributed by atoms with E-state index in [1.165, 1.54) is 25.9 Å². The smallest absolute Gasteiger partial charge is 0.0697 e. The summed E-state index contributed by atoms with van der Waals surface area (Å²) in [5.74, 6) is 0.716. The summed E-state index contributed by atoms with van der Waals surface area (Å²) in [4.78, 5) is 2.35. The zero-order chi connectivity index (χ0) is 8.81. The molecule has 1 saturated heterocycles. The minimum atomic E-state index is 0.145. The molecule has 0 aromatic heterocycles. The quantitative estimate of drug-likeness (QED) is 0.622. The molecule has 0 spiro atoms. The van der Waals surface area contributed by atoms with Crippen molar-refractivity contribution in [2.75, 3.05) is 40.0 Å². The molecular weight excluding hydrogens is 154 g/mol. The van der Waals surface area contributed by atoms with E-state index in [4.69, 9.17) is 9.84 Å². The van der Waals surface area contributed by atoms with E-state index in [2.05, 4.69) is 11.9 Å². The second kappa shape index (κ2) is 5.51. The molecule has 0 aromatic carbocycles. The predicted molar refractivity (Wildman–Crippen MR) is 48.1 cm³/mol. The lowest BCUT2D eigenvalue weighted by atomic mass is 9.98. The number of ether oxygens (including phenoxy) is 1. The van der Waals surface area contributed by atoms with Gasteiger partial charge in [0.25, 0.3) is 0 Å². The molecule has 0 bridgehead atoms. The van der Waals surface area contributed by atoms with Crippen LogP contribution in [0, 0.1) is 5.92 Å². The molecule has 0 unspecified atom stereocenters. The molecular formula is C9H19NO2. The number of aliphatic hydroxyl groups is 1. The Morgan fingerprint density at radius 3 is 2.67 bits per heavy atom. The average Bonchev–Trinajstić information content (AvgIpc) is 2.09. The van der Waals surface area contributed by atoms with Crippen LogP contribution in [0.15, 0.2) is 0 Å². The van der Waals surface area contributed by atoms with Crippen molar-refractivity contribution in [1.29, 1.82) is 0 Å². The minimum Gasteiger partial charge on any atom is -0.394 e. The molecule has 0 atom stereocenters. The van der Waals surface area contributed by atoms with Crippen LogP contribution in [0.1, 0.15) is 12.8 Å². The van der Waals surface area contributed by atoms with E-state index in [-0.39, 0.29) is 6.61 Å². The first-order valence-corrected chi connectivity index (χ1v) is 4.70. The zero-order valence-electron chi connectivity index (χ0n) is 7.83. The van der Waals surface area contributed by atoms with Crippen LogP contribution >= 0.6 is 0 Å². The van der Waals surface area contributed by atoms with E-state index in [1.54, 1.807) is 0 Å². The first kappa shape index (κ1) is 9.96. The van der Waals surface area contributed by atoms with E-state index in [0.717, 1.165) is 6.61 Å². The molecule has 1 rings (SSSR count). The molecule has 0 amide bonds. The van der Waals surface area contributed by atoms with Crippen molar-refractivity contribution < 1.29 is 9.84 Å². The van der Waals surface area contributed by atoms with Gasteiger partial charge in [-0.05, 0) is 38.9 Å². The summed E-state index contributed by atoms with van der Waals surface area (Å²) in [6.45, 7) is 3.84. The maximum absolute atomic E-state index is 8.50. The van der Waals surface area contributed by atoms with Crippen LogP contribution in [0.5, 0.6) is 0 Å². The third kappa shape index (κ3) is 3.52. The molecule has 0 aliphatic carbocycles. The fourth-order valence-corrected chi connectivity index (χ4v) is 1.54. The maximum Gasteiger partial charge on any atom is 0.0697 e. The number of hydrogen-bond acceptors (Lipinski definition) is 3. The highest BCUT2D eigenvalue weighted by atomic mass is 16.5. The van der Waals surface area contributed by atoms with E-state index < -0.39 is 0 Å². The van der Waals surface area contributed by atoms with Crippen molar-refractivity contribution in [3.05, 3.63) is 0 Å². The Hall–Kier alpha value is -0.120. The number of hydrogen-bond donors (Lipinski definition) is 1. The van der Waals surface area contributed by atoms with Crippen molar-refractivity contribution in [1.82, 2.24) is 4.90 Å². The minimum absolute atomic E-state index is 0.145. The van der Waals surface area contributed by atoms with Crippen molar-refractivity contribution in [3.63, 3.8) is 0 Å². The molecule has 1 fully saturated rings. The van der Waals surface area contributed by atoms with Gasteiger partial charge in [0.2, 0.25) is 0 Å². The lowest BCUT2D eigenvalue weighted by molar-refractivity contribution is 0.0496. The van der Waals surface area contributed by atoms with Gasteiger partial charge in [0, 0.05) is 6.61 Å².